The molecule has 0 radical (unpaired) electrons. The van der Waals surface area contributed by atoms with Crippen molar-refractivity contribution in [1.82, 2.24) is 14.8 Å². The van der Waals surface area contributed by atoms with Crippen molar-refractivity contribution in [3.63, 3.8) is 0 Å². The number of piperazine rings is 1. The van der Waals surface area contributed by atoms with E-state index in [-0.39, 0.29) is 5.91 Å². The van der Waals surface area contributed by atoms with Gasteiger partial charge >= 0.3 is 0 Å². The molecule has 3 rings (SSSR count). The van der Waals surface area contributed by atoms with Gasteiger partial charge in [0, 0.05) is 50.7 Å². The summed E-state index contributed by atoms with van der Waals surface area (Å²) in [5.74, 6) is 0.0375. The summed E-state index contributed by atoms with van der Waals surface area (Å²) in [7, 11) is 0. The average molecular weight is 306 g/mol. The number of hydrogen-bond acceptors (Lipinski definition) is 4. The largest absolute Gasteiger partial charge is 0.336 e. The molecule has 0 N–H and O–H groups in total. The number of carbonyl (C=O) groups is 1. The Morgan fingerprint density at radius 3 is 2.48 bits per heavy atom. The van der Waals surface area contributed by atoms with Gasteiger partial charge in [0.2, 0.25) is 0 Å². The van der Waals surface area contributed by atoms with Crippen LogP contribution in [0.15, 0.2) is 48.8 Å². The molecule has 0 spiro atoms. The first-order chi connectivity index (χ1) is 11.3. The predicted molar refractivity (Wildman–Crippen MR) is 86.6 cm³/mol. The SMILES string of the molecule is N#Cc1ccc(C(=O)N2CCN(Cc3cccnc3)CC2)cc1. The van der Waals surface area contributed by atoms with Gasteiger partial charge in [-0.25, -0.2) is 0 Å². The smallest absolute Gasteiger partial charge is 0.253 e. The van der Waals surface area contributed by atoms with Gasteiger partial charge < -0.3 is 4.90 Å². The van der Waals surface area contributed by atoms with E-state index in [9.17, 15) is 4.79 Å². The highest BCUT2D eigenvalue weighted by atomic mass is 16.2. The number of nitrogens with zero attached hydrogens (tertiary/aromatic N) is 4. The van der Waals surface area contributed by atoms with E-state index in [0.29, 0.717) is 11.1 Å². The quantitative estimate of drug-likeness (QED) is 0.869. The Morgan fingerprint density at radius 1 is 1.13 bits per heavy atom. The van der Waals surface area contributed by atoms with Gasteiger partial charge in [0.15, 0.2) is 0 Å². The maximum Gasteiger partial charge on any atom is 0.253 e. The standard InChI is InChI=1S/C18H18N4O/c19-12-15-3-5-17(6-4-15)18(23)22-10-8-21(9-11-22)14-16-2-1-7-20-13-16/h1-7,13H,8-11,14H2. The molecular weight excluding hydrogens is 288 g/mol. The Bertz CT molecular complexity index is 698. The van der Waals surface area contributed by atoms with Crippen molar-refractivity contribution in [2.24, 2.45) is 0 Å². The fourth-order valence-corrected chi connectivity index (χ4v) is 2.73. The lowest BCUT2D eigenvalue weighted by molar-refractivity contribution is 0.0628. The van der Waals surface area contributed by atoms with Crippen molar-refractivity contribution in [3.05, 3.63) is 65.5 Å². The van der Waals surface area contributed by atoms with Crippen LogP contribution in [-0.2, 0) is 6.54 Å². The molecule has 1 fully saturated rings. The number of nitriles is 1. The second-order valence-electron chi connectivity index (χ2n) is 5.62. The zero-order valence-corrected chi connectivity index (χ0v) is 12.9. The number of aromatic nitrogens is 1. The molecular formula is C18H18N4O. The fraction of sp³-hybridized carbons (Fsp3) is 0.278. The molecule has 0 unspecified atom stereocenters. The van der Waals surface area contributed by atoms with Gasteiger partial charge in [-0.2, -0.15) is 5.26 Å². The van der Waals surface area contributed by atoms with E-state index in [1.165, 1.54) is 5.56 Å². The Labute approximate surface area is 135 Å². The highest BCUT2D eigenvalue weighted by Gasteiger charge is 2.22. The first-order valence-electron chi connectivity index (χ1n) is 7.67. The lowest BCUT2D eigenvalue weighted by Gasteiger charge is -2.34. The summed E-state index contributed by atoms with van der Waals surface area (Å²) >= 11 is 0. The summed E-state index contributed by atoms with van der Waals surface area (Å²) in [6.45, 7) is 4.03. The minimum atomic E-state index is 0.0375. The maximum atomic E-state index is 12.5. The zero-order valence-electron chi connectivity index (χ0n) is 12.9. The van der Waals surface area contributed by atoms with E-state index in [1.807, 2.05) is 17.2 Å². The number of hydrogen-bond donors (Lipinski definition) is 0. The zero-order chi connectivity index (χ0) is 16.1. The molecule has 116 valence electrons. The average Bonchev–Trinajstić information content (AvgIpc) is 2.63. The second kappa shape index (κ2) is 7.03. The van der Waals surface area contributed by atoms with E-state index in [0.717, 1.165) is 32.7 Å². The van der Waals surface area contributed by atoms with Gasteiger partial charge in [-0.05, 0) is 35.9 Å². The topological polar surface area (TPSA) is 60.2 Å². The highest BCUT2D eigenvalue weighted by Crippen LogP contribution is 2.12. The van der Waals surface area contributed by atoms with Gasteiger partial charge in [-0.3, -0.25) is 14.7 Å². The summed E-state index contributed by atoms with van der Waals surface area (Å²) in [4.78, 5) is 20.8. The van der Waals surface area contributed by atoms with Gasteiger partial charge in [0.05, 0.1) is 11.6 Å². The van der Waals surface area contributed by atoms with E-state index in [4.69, 9.17) is 5.26 Å². The van der Waals surface area contributed by atoms with Crippen LogP contribution in [0.2, 0.25) is 0 Å². The molecule has 2 heterocycles. The molecule has 1 saturated heterocycles. The predicted octanol–water partition coefficient (Wildman–Crippen LogP) is 1.91. The summed E-state index contributed by atoms with van der Waals surface area (Å²) in [5.41, 5.74) is 2.41. The number of benzene rings is 1. The molecule has 0 aliphatic carbocycles. The molecule has 1 aromatic carbocycles. The summed E-state index contributed by atoms with van der Waals surface area (Å²) in [6, 6.07) is 12.9. The Balaban J connectivity index is 1.56. The number of pyridine rings is 1. The van der Waals surface area contributed by atoms with Crippen molar-refractivity contribution in [3.8, 4) is 6.07 Å². The third-order valence-corrected chi connectivity index (χ3v) is 4.05. The molecule has 1 aliphatic heterocycles. The Morgan fingerprint density at radius 2 is 1.87 bits per heavy atom. The van der Waals surface area contributed by atoms with Gasteiger partial charge in [0.25, 0.3) is 5.91 Å². The molecule has 1 amide bonds. The van der Waals surface area contributed by atoms with Crippen molar-refractivity contribution < 1.29 is 4.79 Å². The fourth-order valence-electron chi connectivity index (χ4n) is 2.73. The van der Waals surface area contributed by atoms with Crippen LogP contribution in [-0.4, -0.2) is 46.9 Å². The lowest BCUT2D eigenvalue weighted by atomic mass is 10.1. The van der Waals surface area contributed by atoms with Crippen LogP contribution in [0.1, 0.15) is 21.5 Å². The van der Waals surface area contributed by atoms with E-state index >= 15 is 0 Å². The highest BCUT2D eigenvalue weighted by molar-refractivity contribution is 5.94. The Hall–Kier alpha value is -2.71. The van der Waals surface area contributed by atoms with Gasteiger partial charge in [0.1, 0.15) is 0 Å². The maximum absolute atomic E-state index is 12.5. The molecule has 5 heteroatoms. The molecule has 5 nitrogen and oxygen atoms in total. The van der Waals surface area contributed by atoms with Crippen LogP contribution in [0.3, 0.4) is 0 Å². The van der Waals surface area contributed by atoms with Crippen molar-refractivity contribution in [2.45, 2.75) is 6.54 Å². The number of rotatable bonds is 3. The summed E-state index contributed by atoms with van der Waals surface area (Å²) in [6.07, 6.45) is 3.66. The molecule has 0 bridgehead atoms. The van der Waals surface area contributed by atoms with Gasteiger partial charge in [-0.1, -0.05) is 6.07 Å². The molecule has 0 saturated carbocycles. The number of amides is 1. The third-order valence-electron chi connectivity index (χ3n) is 4.05. The summed E-state index contributed by atoms with van der Waals surface area (Å²) < 4.78 is 0. The van der Waals surface area contributed by atoms with E-state index in [2.05, 4.69) is 22.0 Å². The third kappa shape index (κ3) is 3.74. The van der Waals surface area contributed by atoms with Crippen LogP contribution in [0.4, 0.5) is 0 Å². The monoisotopic (exact) mass is 306 g/mol. The minimum Gasteiger partial charge on any atom is -0.336 e. The van der Waals surface area contributed by atoms with Crippen LogP contribution >= 0.6 is 0 Å². The normalized spacial score (nSPS) is 15.2. The molecule has 2 aromatic rings. The van der Waals surface area contributed by atoms with Crippen molar-refractivity contribution >= 4 is 5.91 Å². The van der Waals surface area contributed by atoms with Gasteiger partial charge in [-0.15, -0.1) is 0 Å². The molecule has 1 aliphatic rings. The van der Waals surface area contributed by atoms with Crippen molar-refractivity contribution in [1.29, 1.82) is 5.26 Å². The first kappa shape index (κ1) is 15.2. The summed E-state index contributed by atoms with van der Waals surface area (Å²) in [5, 5.41) is 8.81. The van der Waals surface area contributed by atoms with Crippen LogP contribution < -0.4 is 0 Å². The van der Waals surface area contributed by atoms with Crippen molar-refractivity contribution in [2.75, 3.05) is 26.2 Å². The van der Waals surface area contributed by atoms with E-state index in [1.54, 1.807) is 30.5 Å². The lowest BCUT2D eigenvalue weighted by Crippen LogP contribution is -2.48. The molecule has 0 atom stereocenters. The van der Waals surface area contributed by atoms with Crippen LogP contribution in [0, 0.1) is 11.3 Å². The first-order valence-corrected chi connectivity index (χ1v) is 7.67. The molecule has 23 heavy (non-hydrogen) atoms. The second-order valence-corrected chi connectivity index (χ2v) is 5.62. The Kier molecular flexibility index (Phi) is 4.65. The van der Waals surface area contributed by atoms with E-state index < -0.39 is 0 Å². The molecule has 1 aromatic heterocycles. The van der Waals surface area contributed by atoms with Crippen LogP contribution in [0.5, 0.6) is 0 Å². The van der Waals surface area contributed by atoms with Crippen LogP contribution in [0.25, 0.3) is 0 Å². The number of carbonyl (C=O) groups excluding carboxylic acids is 1. The minimum absolute atomic E-state index is 0.0375.